The first-order valence-corrected chi connectivity index (χ1v) is 6.24. The lowest BCUT2D eigenvalue weighted by Gasteiger charge is -2.10. The second kappa shape index (κ2) is 7.58. The molecule has 0 unspecified atom stereocenters. The predicted molar refractivity (Wildman–Crippen MR) is 71.0 cm³/mol. The van der Waals surface area contributed by atoms with Crippen molar-refractivity contribution < 1.29 is 14.3 Å². The van der Waals surface area contributed by atoms with Crippen LogP contribution in [0.1, 0.15) is 20.8 Å². The molecular formula is C14H21NO3. The van der Waals surface area contributed by atoms with E-state index in [-0.39, 0.29) is 12.5 Å². The molecule has 18 heavy (non-hydrogen) atoms. The molecule has 0 aliphatic rings. The average molecular weight is 251 g/mol. The molecule has 1 N–H and O–H groups in total. The van der Waals surface area contributed by atoms with Crippen LogP contribution in [-0.2, 0) is 4.79 Å². The van der Waals surface area contributed by atoms with Crippen molar-refractivity contribution in [2.75, 3.05) is 19.8 Å². The topological polar surface area (TPSA) is 47.6 Å². The van der Waals surface area contributed by atoms with Crippen LogP contribution in [0.4, 0.5) is 0 Å². The van der Waals surface area contributed by atoms with E-state index in [0.29, 0.717) is 24.8 Å². The van der Waals surface area contributed by atoms with E-state index in [4.69, 9.17) is 9.47 Å². The number of hydrogen-bond acceptors (Lipinski definition) is 3. The van der Waals surface area contributed by atoms with Gasteiger partial charge < -0.3 is 14.8 Å². The van der Waals surface area contributed by atoms with Gasteiger partial charge >= 0.3 is 0 Å². The fourth-order valence-corrected chi connectivity index (χ4v) is 1.34. The maximum Gasteiger partial charge on any atom is 0.257 e. The second-order valence-electron chi connectivity index (χ2n) is 4.39. The van der Waals surface area contributed by atoms with E-state index in [1.165, 1.54) is 0 Å². The van der Waals surface area contributed by atoms with Gasteiger partial charge in [-0.3, -0.25) is 4.79 Å². The quantitative estimate of drug-likeness (QED) is 0.808. The number of nitrogens with one attached hydrogen (secondary N) is 1. The van der Waals surface area contributed by atoms with Crippen LogP contribution >= 0.6 is 0 Å². The molecule has 0 aliphatic heterocycles. The van der Waals surface area contributed by atoms with Crippen molar-refractivity contribution in [3.63, 3.8) is 0 Å². The number of benzene rings is 1. The van der Waals surface area contributed by atoms with Gasteiger partial charge in [0.05, 0.1) is 6.61 Å². The minimum absolute atomic E-state index is 0.0301. The lowest BCUT2D eigenvalue weighted by molar-refractivity contribution is -0.123. The zero-order valence-corrected chi connectivity index (χ0v) is 11.2. The molecule has 0 atom stereocenters. The minimum Gasteiger partial charge on any atom is -0.494 e. The Morgan fingerprint density at radius 2 is 1.94 bits per heavy atom. The fourth-order valence-electron chi connectivity index (χ4n) is 1.34. The van der Waals surface area contributed by atoms with Gasteiger partial charge in [0.1, 0.15) is 11.5 Å². The molecule has 1 aromatic rings. The molecule has 0 spiro atoms. The van der Waals surface area contributed by atoms with Gasteiger partial charge in [0.15, 0.2) is 6.61 Å². The Hall–Kier alpha value is -1.71. The maximum absolute atomic E-state index is 11.5. The number of amides is 1. The summed E-state index contributed by atoms with van der Waals surface area (Å²) in [6, 6.07) is 7.28. The van der Waals surface area contributed by atoms with Gasteiger partial charge in [-0.15, -0.1) is 0 Å². The molecule has 4 heteroatoms. The normalized spacial score (nSPS) is 10.2. The summed E-state index contributed by atoms with van der Waals surface area (Å²) in [4.78, 5) is 11.5. The molecule has 0 aliphatic carbocycles. The molecule has 1 rings (SSSR count). The van der Waals surface area contributed by atoms with Crippen LogP contribution in [0.5, 0.6) is 11.5 Å². The summed E-state index contributed by atoms with van der Waals surface area (Å²) in [6.45, 7) is 7.33. The van der Waals surface area contributed by atoms with Gasteiger partial charge in [-0.2, -0.15) is 0 Å². The molecule has 0 heterocycles. The molecule has 0 aromatic heterocycles. The summed E-state index contributed by atoms with van der Waals surface area (Å²) in [5.41, 5.74) is 0. The Kier molecular flexibility index (Phi) is 6.05. The first-order chi connectivity index (χ1) is 8.61. The van der Waals surface area contributed by atoms with E-state index >= 15 is 0 Å². The van der Waals surface area contributed by atoms with Crippen molar-refractivity contribution in [1.29, 1.82) is 0 Å². The van der Waals surface area contributed by atoms with E-state index in [9.17, 15) is 4.79 Å². The van der Waals surface area contributed by atoms with Gasteiger partial charge in [0, 0.05) is 12.6 Å². The molecule has 1 amide bonds. The van der Waals surface area contributed by atoms with Crippen LogP contribution in [0.25, 0.3) is 0 Å². The van der Waals surface area contributed by atoms with Crippen molar-refractivity contribution in [3.05, 3.63) is 24.3 Å². The highest BCUT2D eigenvalue weighted by molar-refractivity contribution is 5.77. The molecule has 100 valence electrons. The zero-order valence-electron chi connectivity index (χ0n) is 11.2. The average Bonchev–Trinajstić information content (AvgIpc) is 2.35. The van der Waals surface area contributed by atoms with Crippen LogP contribution in [0.15, 0.2) is 24.3 Å². The van der Waals surface area contributed by atoms with Crippen LogP contribution in [0, 0.1) is 5.92 Å². The Labute approximate surface area is 108 Å². The molecule has 0 saturated heterocycles. The summed E-state index contributed by atoms with van der Waals surface area (Å²) < 4.78 is 10.7. The van der Waals surface area contributed by atoms with Crippen molar-refractivity contribution in [2.45, 2.75) is 20.8 Å². The van der Waals surface area contributed by atoms with E-state index in [1.807, 2.05) is 32.9 Å². The summed E-state index contributed by atoms with van der Waals surface area (Å²) >= 11 is 0. The van der Waals surface area contributed by atoms with Gasteiger partial charge in [-0.1, -0.05) is 19.9 Å². The predicted octanol–water partition coefficient (Wildman–Crippen LogP) is 2.24. The lowest BCUT2D eigenvalue weighted by atomic mass is 10.2. The zero-order chi connectivity index (χ0) is 13.4. The third-order valence-electron chi connectivity index (χ3n) is 2.19. The molecule has 0 saturated carbocycles. The molecule has 0 bridgehead atoms. The highest BCUT2D eigenvalue weighted by atomic mass is 16.5. The van der Waals surface area contributed by atoms with Crippen LogP contribution in [0.3, 0.4) is 0 Å². The van der Waals surface area contributed by atoms with E-state index in [2.05, 4.69) is 5.32 Å². The Morgan fingerprint density at radius 1 is 1.28 bits per heavy atom. The molecule has 4 nitrogen and oxygen atoms in total. The van der Waals surface area contributed by atoms with Crippen molar-refractivity contribution >= 4 is 5.91 Å². The first-order valence-electron chi connectivity index (χ1n) is 6.24. The Morgan fingerprint density at radius 3 is 2.56 bits per heavy atom. The summed E-state index contributed by atoms with van der Waals surface area (Å²) in [5, 5.41) is 2.80. The summed E-state index contributed by atoms with van der Waals surface area (Å²) in [7, 11) is 0. The lowest BCUT2D eigenvalue weighted by Crippen LogP contribution is -2.31. The van der Waals surface area contributed by atoms with Gasteiger partial charge in [0.2, 0.25) is 0 Å². The molecular weight excluding hydrogens is 230 g/mol. The monoisotopic (exact) mass is 251 g/mol. The van der Waals surface area contributed by atoms with Crippen LogP contribution in [-0.4, -0.2) is 25.7 Å². The molecule has 1 aromatic carbocycles. The third-order valence-corrected chi connectivity index (χ3v) is 2.19. The summed E-state index contributed by atoms with van der Waals surface area (Å²) in [5.74, 6) is 1.72. The number of hydrogen-bond donors (Lipinski definition) is 1. The van der Waals surface area contributed by atoms with Crippen LogP contribution < -0.4 is 14.8 Å². The van der Waals surface area contributed by atoms with Gasteiger partial charge in [-0.05, 0) is 25.0 Å². The Balaban J connectivity index is 2.38. The number of rotatable bonds is 7. The van der Waals surface area contributed by atoms with E-state index in [0.717, 1.165) is 5.75 Å². The van der Waals surface area contributed by atoms with Gasteiger partial charge in [0.25, 0.3) is 5.91 Å². The SMILES string of the molecule is CCOc1cccc(OCC(=O)NCC(C)C)c1. The van der Waals surface area contributed by atoms with Crippen LogP contribution in [0.2, 0.25) is 0 Å². The largest absolute Gasteiger partial charge is 0.494 e. The number of carbonyl (C=O) groups excluding carboxylic acids is 1. The summed E-state index contributed by atoms with van der Waals surface area (Å²) in [6.07, 6.45) is 0. The molecule has 0 radical (unpaired) electrons. The van der Waals surface area contributed by atoms with Crippen molar-refractivity contribution in [1.82, 2.24) is 5.32 Å². The minimum atomic E-state index is -0.106. The van der Waals surface area contributed by atoms with E-state index < -0.39 is 0 Å². The highest BCUT2D eigenvalue weighted by Crippen LogP contribution is 2.19. The number of carbonyl (C=O) groups is 1. The fraction of sp³-hybridized carbons (Fsp3) is 0.500. The number of ether oxygens (including phenoxy) is 2. The van der Waals surface area contributed by atoms with Crippen molar-refractivity contribution in [2.24, 2.45) is 5.92 Å². The smallest absolute Gasteiger partial charge is 0.257 e. The second-order valence-corrected chi connectivity index (χ2v) is 4.39. The standard InChI is InChI=1S/C14H21NO3/c1-4-17-12-6-5-7-13(8-12)18-10-14(16)15-9-11(2)3/h5-8,11H,4,9-10H2,1-3H3,(H,15,16). The third kappa shape index (κ3) is 5.57. The first kappa shape index (κ1) is 14.4. The highest BCUT2D eigenvalue weighted by Gasteiger charge is 2.04. The van der Waals surface area contributed by atoms with Gasteiger partial charge in [-0.25, -0.2) is 0 Å². The van der Waals surface area contributed by atoms with Crippen molar-refractivity contribution in [3.8, 4) is 11.5 Å². The molecule has 0 fully saturated rings. The Bertz CT molecular complexity index is 377. The van der Waals surface area contributed by atoms with E-state index in [1.54, 1.807) is 12.1 Å². The maximum atomic E-state index is 11.5.